The molecule has 1 aliphatic carbocycles. The van der Waals surface area contributed by atoms with Crippen LogP contribution in [0.4, 0.5) is 0 Å². The number of carboxylic acids is 1. The second kappa shape index (κ2) is 6.72. The largest absolute Gasteiger partial charge is 0.492 e. The van der Waals surface area contributed by atoms with Crippen molar-refractivity contribution in [2.45, 2.75) is 18.9 Å². The summed E-state index contributed by atoms with van der Waals surface area (Å²) in [6, 6.07) is 6.51. The minimum Gasteiger partial charge on any atom is -0.492 e. The Bertz CT molecular complexity index is 457. The van der Waals surface area contributed by atoms with Crippen LogP contribution in [-0.2, 0) is 0 Å². The number of benzene rings is 1. The fraction of sp³-hybridized carbons (Fsp3) is 0.533. The highest BCUT2D eigenvalue weighted by molar-refractivity contribution is 5.87. The molecule has 1 saturated carbocycles. The number of hydrogen-bond donors (Lipinski definition) is 2. The fourth-order valence-corrected chi connectivity index (χ4v) is 2.42. The number of hydrogen-bond acceptors (Lipinski definition) is 4. The molecule has 0 bridgehead atoms. The van der Waals surface area contributed by atoms with E-state index in [1.54, 1.807) is 18.2 Å². The number of aliphatic hydroxyl groups excluding tert-OH is 1. The lowest BCUT2D eigenvalue weighted by Gasteiger charge is -2.34. The van der Waals surface area contributed by atoms with Gasteiger partial charge in [-0.15, -0.1) is 0 Å². The molecule has 5 nitrogen and oxygen atoms in total. The van der Waals surface area contributed by atoms with E-state index in [9.17, 15) is 9.90 Å². The predicted molar refractivity (Wildman–Crippen MR) is 75.1 cm³/mol. The van der Waals surface area contributed by atoms with Gasteiger partial charge >= 0.3 is 5.97 Å². The zero-order valence-corrected chi connectivity index (χ0v) is 11.7. The van der Waals surface area contributed by atoms with Crippen molar-refractivity contribution in [1.82, 2.24) is 4.90 Å². The highest BCUT2D eigenvalue weighted by Gasteiger charge is 2.27. The van der Waals surface area contributed by atoms with E-state index in [4.69, 9.17) is 9.84 Å². The van der Waals surface area contributed by atoms with E-state index < -0.39 is 5.97 Å². The predicted octanol–water partition coefficient (Wildman–Crippen LogP) is 1.47. The van der Waals surface area contributed by atoms with Gasteiger partial charge in [0.25, 0.3) is 0 Å². The normalized spacial score (nSPS) is 21.6. The van der Waals surface area contributed by atoms with Crippen LogP contribution >= 0.6 is 0 Å². The van der Waals surface area contributed by atoms with Crippen LogP contribution in [0, 0.1) is 5.92 Å². The molecule has 110 valence electrons. The second-order valence-corrected chi connectivity index (χ2v) is 5.43. The Labute approximate surface area is 118 Å². The first-order valence-electron chi connectivity index (χ1n) is 6.87. The summed E-state index contributed by atoms with van der Waals surface area (Å²) >= 11 is 0. The number of carbonyl (C=O) groups is 1. The van der Waals surface area contributed by atoms with Crippen molar-refractivity contribution in [2.24, 2.45) is 5.92 Å². The van der Waals surface area contributed by atoms with Crippen molar-refractivity contribution in [3.63, 3.8) is 0 Å². The first-order valence-corrected chi connectivity index (χ1v) is 6.87. The van der Waals surface area contributed by atoms with Crippen molar-refractivity contribution in [3.05, 3.63) is 29.8 Å². The highest BCUT2D eigenvalue weighted by atomic mass is 16.5. The van der Waals surface area contributed by atoms with Crippen molar-refractivity contribution >= 4 is 5.97 Å². The smallest absolute Gasteiger partial charge is 0.335 e. The molecule has 0 radical (unpaired) electrons. The van der Waals surface area contributed by atoms with E-state index in [2.05, 4.69) is 4.90 Å². The van der Waals surface area contributed by atoms with E-state index in [0.717, 1.165) is 25.9 Å². The number of likely N-dealkylation sites (N-methyl/N-ethyl adjacent to an activating group) is 1. The molecule has 2 rings (SSSR count). The first kappa shape index (κ1) is 14.8. The van der Waals surface area contributed by atoms with Crippen LogP contribution in [0.3, 0.4) is 0 Å². The molecule has 0 saturated heterocycles. The third kappa shape index (κ3) is 4.21. The molecular weight excluding hydrogens is 258 g/mol. The molecular formula is C15H21NO4. The van der Waals surface area contributed by atoms with Crippen molar-refractivity contribution < 1.29 is 19.7 Å². The SMILES string of the molecule is CN(CCOc1cccc(C(=O)O)c1)CC1CC(O)C1. The number of rotatable bonds is 7. The summed E-state index contributed by atoms with van der Waals surface area (Å²) in [5, 5.41) is 18.1. The molecule has 1 aromatic rings. The lowest BCUT2D eigenvalue weighted by molar-refractivity contribution is 0.0269. The molecule has 1 fully saturated rings. The monoisotopic (exact) mass is 279 g/mol. The van der Waals surface area contributed by atoms with Gasteiger partial charge in [-0.3, -0.25) is 0 Å². The van der Waals surface area contributed by atoms with E-state index in [1.807, 2.05) is 7.05 Å². The lowest BCUT2D eigenvalue weighted by Crippen LogP contribution is -2.38. The van der Waals surface area contributed by atoms with Gasteiger partial charge in [-0.2, -0.15) is 0 Å². The Hall–Kier alpha value is -1.59. The summed E-state index contributed by atoms with van der Waals surface area (Å²) < 4.78 is 5.57. The number of aromatic carboxylic acids is 1. The summed E-state index contributed by atoms with van der Waals surface area (Å²) in [5.74, 6) is 0.221. The standard InChI is InChI=1S/C15H21NO4/c1-16(10-11-7-13(17)8-11)5-6-20-14-4-2-3-12(9-14)15(18)19/h2-4,9,11,13,17H,5-8,10H2,1H3,(H,18,19). The van der Waals surface area contributed by atoms with Crippen molar-refractivity contribution in [1.29, 1.82) is 0 Å². The topological polar surface area (TPSA) is 70.0 Å². The van der Waals surface area contributed by atoms with E-state index >= 15 is 0 Å². The Morgan fingerprint density at radius 1 is 1.45 bits per heavy atom. The number of nitrogens with zero attached hydrogens (tertiary/aromatic N) is 1. The molecule has 0 unspecified atom stereocenters. The summed E-state index contributed by atoms with van der Waals surface area (Å²) in [6.07, 6.45) is 1.68. The minimum absolute atomic E-state index is 0.108. The summed E-state index contributed by atoms with van der Waals surface area (Å²) in [7, 11) is 2.03. The Morgan fingerprint density at radius 2 is 2.20 bits per heavy atom. The quantitative estimate of drug-likeness (QED) is 0.791. The van der Waals surface area contributed by atoms with E-state index in [0.29, 0.717) is 18.3 Å². The average Bonchev–Trinajstić information content (AvgIpc) is 2.37. The molecule has 5 heteroatoms. The summed E-state index contributed by atoms with van der Waals surface area (Å²) in [6.45, 7) is 2.27. The molecule has 0 amide bonds. The highest BCUT2D eigenvalue weighted by Crippen LogP contribution is 2.27. The van der Waals surface area contributed by atoms with Crippen LogP contribution in [-0.4, -0.2) is 53.9 Å². The Kier molecular flexibility index (Phi) is 4.98. The maximum Gasteiger partial charge on any atom is 0.335 e. The van der Waals surface area contributed by atoms with Gasteiger partial charge in [0.05, 0.1) is 11.7 Å². The van der Waals surface area contributed by atoms with Gasteiger partial charge in [0, 0.05) is 13.1 Å². The van der Waals surface area contributed by atoms with Crippen LogP contribution in [0.15, 0.2) is 24.3 Å². The lowest BCUT2D eigenvalue weighted by atomic mass is 9.82. The maximum atomic E-state index is 10.8. The maximum absolute atomic E-state index is 10.8. The number of aliphatic hydroxyl groups is 1. The van der Waals surface area contributed by atoms with Gasteiger partial charge in [-0.25, -0.2) is 4.79 Å². The minimum atomic E-state index is -0.948. The number of ether oxygens (including phenoxy) is 1. The summed E-state index contributed by atoms with van der Waals surface area (Å²) in [4.78, 5) is 13.0. The van der Waals surface area contributed by atoms with Gasteiger partial charge < -0.3 is 19.8 Å². The van der Waals surface area contributed by atoms with Gasteiger partial charge in [0.1, 0.15) is 12.4 Å². The van der Waals surface area contributed by atoms with Gasteiger partial charge in [-0.05, 0) is 44.0 Å². The molecule has 0 aromatic heterocycles. The third-order valence-corrected chi connectivity index (χ3v) is 3.60. The van der Waals surface area contributed by atoms with Crippen LogP contribution in [0.5, 0.6) is 5.75 Å². The Morgan fingerprint density at radius 3 is 2.85 bits per heavy atom. The number of carboxylic acid groups (broad SMARTS) is 1. The molecule has 1 aliphatic rings. The average molecular weight is 279 g/mol. The zero-order chi connectivity index (χ0) is 14.5. The van der Waals surface area contributed by atoms with Gasteiger partial charge in [0.15, 0.2) is 0 Å². The van der Waals surface area contributed by atoms with Crippen molar-refractivity contribution in [3.8, 4) is 5.75 Å². The van der Waals surface area contributed by atoms with E-state index in [-0.39, 0.29) is 11.7 Å². The molecule has 0 atom stereocenters. The molecule has 2 N–H and O–H groups in total. The first-order chi connectivity index (χ1) is 9.54. The molecule has 20 heavy (non-hydrogen) atoms. The molecule has 0 spiro atoms. The van der Waals surface area contributed by atoms with Crippen LogP contribution in [0.1, 0.15) is 23.2 Å². The Balaban J connectivity index is 1.69. The van der Waals surface area contributed by atoms with Crippen LogP contribution < -0.4 is 4.74 Å². The van der Waals surface area contributed by atoms with Crippen molar-refractivity contribution in [2.75, 3.05) is 26.7 Å². The molecule has 0 heterocycles. The molecule has 0 aliphatic heterocycles. The van der Waals surface area contributed by atoms with Crippen LogP contribution in [0.2, 0.25) is 0 Å². The fourth-order valence-electron chi connectivity index (χ4n) is 2.42. The molecule has 1 aromatic carbocycles. The van der Waals surface area contributed by atoms with Gasteiger partial charge in [-0.1, -0.05) is 6.07 Å². The van der Waals surface area contributed by atoms with Crippen LogP contribution in [0.25, 0.3) is 0 Å². The van der Waals surface area contributed by atoms with Gasteiger partial charge in [0.2, 0.25) is 0 Å². The summed E-state index contributed by atoms with van der Waals surface area (Å²) in [5.41, 5.74) is 0.235. The zero-order valence-electron chi connectivity index (χ0n) is 11.7. The third-order valence-electron chi connectivity index (χ3n) is 3.60. The second-order valence-electron chi connectivity index (χ2n) is 5.43. The van der Waals surface area contributed by atoms with E-state index in [1.165, 1.54) is 6.07 Å².